The molecule has 0 radical (unpaired) electrons. The molecule has 0 spiro atoms. The van der Waals surface area contributed by atoms with E-state index in [1.165, 1.54) is 4.68 Å². The minimum atomic E-state index is -2.27. The lowest BCUT2D eigenvalue weighted by atomic mass is 9.90. The van der Waals surface area contributed by atoms with E-state index in [0.717, 1.165) is 35.1 Å². The van der Waals surface area contributed by atoms with Gasteiger partial charge in [-0.25, -0.2) is 8.89 Å². The average molecular weight is 334 g/mol. The smallest absolute Gasteiger partial charge is 0.275 e. The second-order valence-corrected chi connectivity index (χ2v) is 6.54. The number of nitrogens with zero attached hydrogens (tertiary/aromatic N) is 2. The van der Waals surface area contributed by atoms with Crippen molar-refractivity contribution in [2.45, 2.75) is 45.4 Å². The highest BCUT2D eigenvalue weighted by atomic mass is 32.2. The Morgan fingerprint density at radius 2 is 1.65 bits per heavy atom. The maximum absolute atomic E-state index is 12.7. The summed E-state index contributed by atoms with van der Waals surface area (Å²) in [4.78, 5) is 12.8. The van der Waals surface area contributed by atoms with Crippen molar-refractivity contribution >= 4 is 11.1 Å². The first-order valence-corrected chi connectivity index (χ1v) is 8.73. The van der Waals surface area contributed by atoms with Crippen molar-refractivity contribution in [2.24, 2.45) is 7.05 Å². The average Bonchev–Trinajstić information content (AvgIpc) is 2.49. The predicted molar refractivity (Wildman–Crippen MR) is 92.2 cm³/mol. The van der Waals surface area contributed by atoms with Gasteiger partial charge in [-0.15, -0.1) is 0 Å². The summed E-state index contributed by atoms with van der Waals surface area (Å²) in [6, 6.07) is 4.07. The van der Waals surface area contributed by atoms with Crippen molar-refractivity contribution in [3.8, 4) is 11.1 Å². The van der Waals surface area contributed by atoms with Crippen LogP contribution >= 0.6 is 0 Å². The van der Waals surface area contributed by atoms with E-state index in [-0.39, 0.29) is 10.5 Å². The molecular weight excluding hydrogens is 312 g/mol. The molecule has 0 saturated heterocycles. The number of aromatic nitrogens is 2. The Morgan fingerprint density at radius 1 is 1.13 bits per heavy atom. The maximum Gasteiger partial charge on any atom is 0.275 e. The Morgan fingerprint density at radius 3 is 2.09 bits per heavy atom. The van der Waals surface area contributed by atoms with E-state index in [0.29, 0.717) is 11.3 Å². The molecule has 0 aliphatic carbocycles. The summed E-state index contributed by atoms with van der Waals surface area (Å²) in [6.07, 6.45) is 1.48. The van der Waals surface area contributed by atoms with Gasteiger partial charge < -0.3 is 4.55 Å². The van der Waals surface area contributed by atoms with Crippen LogP contribution in [-0.4, -0.2) is 18.5 Å². The van der Waals surface area contributed by atoms with E-state index in [9.17, 15) is 13.6 Å². The molecule has 124 valence electrons. The van der Waals surface area contributed by atoms with Crippen LogP contribution in [0.15, 0.2) is 21.8 Å². The number of aryl methyl sites for hydroxylation is 5. The van der Waals surface area contributed by atoms with E-state index in [1.807, 2.05) is 32.9 Å². The molecule has 1 N–H and O–H groups in total. The van der Waals surface area contributed by atoms with Gasteiger partial charge in [-0.1, -0.05) is 31.5 Å². The fourth-order valence-corrected chi connectivity index (χ4v) is 3.67. The van der Waals surface area contributed by atoms with Crippen molar-refractivity contribution in [3.05, 3.63) is 44.9 Å². The minimum Gasteiger partial charge on any atom is -0.302 e. The molecule has 0 bridgehead atoms. The van der Waals surface area contributed by atoms with E-state index >= 15 is 0 Å². The van der Waals surface area contributed by atoms with Gasteiger partial charge in [-0.05, 0) is 43.4 Å². The van der Waals surface area contributed by atoms with Crippen LogP contribution in [0.3, 0.4) is 0 Å². The number of hydrogen-bond acceptors (Lipinski definition) is 3. The molecule has 23 heavy (non-hydrogen) atoms. The molecule has 1 unspecified atom stereocenters. The van der Waals surface area contributed by atoms with Gasteiger partial charge in [0.15, 0.2) is 11.1 Å². The summed E-state index contributed by atoms with van der Waals surface area (Å²) in [7, 11) is 1.56. The molecule has 0 saturated carbocycles. The standard InChI is InChI=1S/C17H22N2O3S/c1-6-12-8-10(3)9-13(7-2)14(12)15-16(23(21)22)11(4)18-19(5)17(15)20/h8-9H,6-7H2,1-5H3,(H,21,22). The normalized spacial score (nSPS) is 12.4. The molecule has 1 heterocycles. The summed E-state index contributed by atoms with van der Waals surface area (Å²) in [6.45, 7) is 7.71. The van der Waals surface area contributed by atoms with Crippen molar-refractivity contribution < 1.29 is 8.76 Å². The molecular formula is C17H22N2O3S. The second-order valence-electron chi connectivity index (χ2n) is 5.63. The van der Waals surface area contributed by atoms with E-state index in [2.05, 4.69) is 5.10 Å². The summed E-state index contributed by atoms with van der Waals surface area (Å²) < 4.78 is 22.8. The quantitative estimate of drug-likeness (QED) is 0.873. The summed E-state index contributed by atoms with van der Waals surface area (Å²) in [5, 5.41) is 4.06. The second kappa shape index (κ2) is 6.76. The molecule has 2 rings (SSSR count). The topological polar surface area (TPSA) is 72.2 Å². The van der Waals surface area contributed by atoms with Gasteiger partial charge in [0.05, 0.1) is 11.3 Å². The van der Waals surface area contributed by atoms with Gasteiger partial charge in [0.25, 0.3) is 5.56 Å². The van der Waals surface area contributed by atoms with Gasteiger partial charge >= 0.3 is 0 Å². The van der Waals surface area contributed by atoms with Gasteiger partial charge in [-0.2, -0.15) is 5.10 Å². The molecule has 1 atom stereocenters. The van der Waals surface area contributed by atoms with Gasteiger partial charge in [0.1, 0.15) is 4.90 Å². The van der Waals surface area contributed by atoms with Crippen LogP contribution in [0, 0.1) is 13.8 Å². The van der Waals surface area contributed by atoms with Crippen LogP contribution < -0.4 is 5.56 Å². The first kappa shape index (κ1) is 17.6. The minimum absolute atomic E-state index is 0.112. The monoisotopic (exact) mass is 334 g/mol. The Kier molecular flexibility index (Phi) is 5.16. The van der Waals surface area contributed by atoms with Crippen molar-refractivity contribution in [1.82, 2.24) is 9.78 Å². The third-order valence-corrected chi connectivity index (χ3v) is 4.84. The van der Waals surface area contributed by atoms with E-state index in [4.69, 9.17) is 0 Å². The molecule has 6 heteroatoms. The Labute approximate surface area is 138 Å². The molecule has 0 aliphatic rings. The zero-order valence-electron chi connectivity index (χ0n) is 14.1. The highest BCUT2D eigenvalue weighted by Crippen LogP contribution is 2.32. The highest BCUT2D eigenvalue weighted by molar-refractivity contribution is 7.79. The lowest BCUT2D eigenvalue weighted by Crippen LogP contribution is -2.25. The molecule has 0 aliphatic heterocycles. The fraction of sp³-hybridized carbons (Fsp3) is 0.412. The third-order valence-electron chi connectivity index (χ3n) is 4.00. The first-order valence-electron chi connectivity index (χ1n) is 7.63. The number of rotatable bonds is 4. The van der Waals surface area contributed by atoms with Crippen LogP contribution in [0.4, 0.5) is 0 Å². The largest absolute Gasteiger partial charge is 0.302 e. The van der Waals surface area contributed by atoms with Gasteiger partial charge in [0, 0.05) is 7.05 Å². The maximum atomic E-state index is 12.7. The van der Waals surface area contributed by atoms with E-state index in [1.54, 1.807) is 14.0 Å². The number of hydrogen-bond donors (Lipinski definition) is 1. The van der Waals surface area contributed by atoms with Crippen LogP contribution in [0.1, 0.15) is 36.2 Å². The summed E-state index contributed by atoms with van der Waals surface area (Å²) in [5.41, 5.74) is 4.27. The van der Waals surface area contributed by atoms with Crippen LogP contribution in [-0.2, 0) is 31.0 Å². The zero-order valence-corrected chi connectivity index (χ0v) is 15.0. The molecule has 5 nitrogen and oxygen atoms in total. The van der Waals surface area contributed by atoms with Crippen LogP contribution in [0.25, 0.3) is 11.1 Å². The summed E-state index contributed by atoms with van der Waals surface area (Å²) >= 11 is -2.27. The predicted octanol–water partition coefficient (Wildman–Crippen LogP) is 2.77. The van der Waals surface area contributed by atoms with Crippen LogP contribution in [0.5, 0.6) is 0 Å². The molecule has 1 aromatic carbocycles. The Balaban J connectivity index is 3.03. The van der Waals surface area contributed by atoms with Crippen LogP contribution in [0.2, 0.25) is 0 Å². The SMILES string of the molecule is CCc1cc(C)cc(CC)c1-c1c(S(=O)O)c(C)nn(C)c1=O. The number of benzene rings is 1. The zero-order chi connectivity index (χ0) is 17.3. The van der Waals surface area contributed by atoms with Crippen molar-refractivity contribution in [2.75, 3.05) is 0 Å². The molecule has 2 aromatic rings. The molecule has 1 aromatic heterocycles. The first-order chi connectivity index (χ1) is 10.8. The Bertz CT molecular complexity index is 815. The lowest BCUT2D eigenvalue weighted by molar-refractivity contribution is 0.560. The van der Waals surface area contributed by atoms with Gasteiger partial charge in [0.2, 0.25) is 0 Å². The molecule has 0 fully saturated rings. The van der Waals surface area contributed by atoms with Crippen molar-refractivity contribution in [1.29, 1.82) is 0 Å². The highest BCUT2D eigenvalue weighted by Gasteiger charge is 2.23. The molecule has 0 amide bonds. The fourth-order valence-electron chi connectivity index (χ4n) is 3.01. The Hall–Kier alpha value is -1.79. The summed E-state index contributed by atoms with van der Waals surface area (Å²) in [5.74, 6) is 0. The third kappa shape index (κ3) is 3.14. The van der Waals surface area contributed by atoms with E-state index < -0.39 is 11.1 Å². The van der Waals surface area contributed by atoms with Gasteiger partial charge in [-0.3, -0.25) is 4.79 Å². The lowest BCUT2D eigenvalue weighted by Gasteiger charge is -2.18. The van der Waals surface area contributed by atoms with Crippen molar-refractivity contribution in [3.63, 3.8) is 0 Å².